The molecule has 1 aliphatic rings. The number of carbonyl (C=O) groups excluding carboxylic acids is 1. The molecule has 1 atom stereocenters. The quantitative estimate of drug-likeness (QED) is 0.144. The maximum atomic E-state index is 15.1. The van der Waals surface area contributed by atoms with Gasteiger partial charge in [0.1, 0.15) is 11.4 Å². The van der Waals surface area contributed by atoms with Gasteiger partial charge in [0.05, 0.1) is 28.5 Å². The lowest BCUT2D eigenvalue weighted by molar-refractivity contribution is 0.0957. The van der Waals surface area contributed by atoms with Crippen LogP contribution in [0.4, 0.5) is 5.69 Å². The lowest BCUT2D eigenvalue weighted by Crippen LogP contribution is -2.42. The van der Waals surface area contributed by atoms with Crippen molar-refractivity contribution >= 4 is 56.6 Å². The molecule has 0 unspecified atom stereocenters. The number of aromatic nitrogens is 6. The molecule has 1 aliphatic heterocycles. The fourth-order valence-electron chi connectivity index (χ4n) is 7.96. The van der Waals surface area contributed by atoms with Crippen LogP contribution in [0.3, 0.4) is 0 Å². The molecular formula is C40H39Cl2N7O3. The Hall–Kier alpha value is -5.06. The Morgan fingerprint density at radius 2 is 1.75 bits per heavy atom. The summed E-state index contributed by atoms with van der Waals surface area (Å²) < 4.78 is 17.9. The van der Waals surface area contributed by atoms with Crippen molar-refractivity contribution in [1.82, 2.24) is 29.1 Å². The molecule has 0 spiro atoms. The number of anilines is 1. The van der Waals surface area contributed by atoms with Crippen molar-refractivity contribution < 1.29 is 13.9 Å². The molecule has 0 bridgehead atoms. The van der Waals surface area contributed by atoms with Gasteiger partial charge in [0, 0.05) is 76.6 Å². The van der Waals surface area contributed by atoms with Crippen LogP contribution in [0, 0.1) is 27.7 Å². The zero-order chi connectivity index (χ0) is 36.6. The molecule has 10 nitrogen and oxygen atoms in total. The summed E-state index contributed by atoms with van der Waals surface area (Å²) in [5.41, 5.74) is 11.0. The number of ether oxygens (including phenoxy) is 1. The normalized spacial score (nSPS) is 14.6. The van der Waals surface area contributed by atoms with E-state index in [0.717, 1.165) is 83.0 Å². The first-order valence-electron chi connectivity index (χ1n) is 17.4. The molecule has 7 aromatic rings. The average molecular weight is 737 g/mol. The number of nitrogens with zero attached hydrogens (tertiary/aromatic N) is 7. The summed E-state index contributed by atoms with van der Waals surface area (Å²) in [6.07, 6.45) is 4.66. The molecule has 266 valence electrons. The van der Waals surface area contributed by atoms with Gasteiger partial charge in [-0.25, -0.2) is 0 Å². The predicted octanol–water partition coefficient (Wildman–Crippen LogP) is 9.36. The van der Waals surface area contributed by atoms with E-state index in [1.54, 1.807) is 0 Å². The smallest absolute Gasteiger partial charge is 0.275 e. The summed E-state index contributed by atoms with van der Waals surface area (Å²) in [6.45, 7) is 11.1. The van der Waals surface area contributed by atoms with Crippen molar-refractivity contribution in [3.8, 4) is 28.3 Å². The van der Waals surface area contributed by atoms with Gasteiger partial charge in [-0.05, 0) is 101 Å². The second kappa shape index (κ2) is 12.9. The van der Waals surface area contributed by atoms with Gasteiger partial charge in [-0.1, -0.05) is 29.3 Å². The molecular weight excluding hydrogens is 697 g/mol. The number of hydrogen-bond donors (Lipinski definition) is 0. The molecule has 0 N–H and O–H groups in total. The van der Waals surface area contributed by atoms with Crippen LogP contribution in [0.2, 0.25) is 10.0 Å². The highest BCUT2D eigenvalue weighted by Crippen LogP contribution is 2.46. The number of aryl methyl sites for hydroxylation is 6. The van der Waals surface area contributed by atoms with Crippen LogP contribution < -0.4 is 9.64 Å². The lowest BCUT2D eigenvalue weighted by Gasteiger charge is -2.34. The van der Waals surface area contributed by atoms with E-state index in [0.29, 0.717) is 42.6 Å². The maximum absolute atomic E-state index is 15.1. The third-order valence-corrected chi connectivity index (χ3v) is 11.3. The van der Waals surface area contributed by atoms with Crippen LogP contribution in [-0.4, -0.2) is 48.2 Å². The Bertz CT molecular complexity index is 2520. The molecule has 3 aromatic carbocycles. The molecule has 0 aliphatic carbocycles. The molecule has 5 heterocycles. The number of rotatable bonds is 8. The molecule has 12 heteroatoms. The van der Waals surface area contributed by atoms with Gasteiger partial charge in [0.2, 0.25) is 12.3 Å². The molecule has 0 saturated heterocycles. The predicted molar refractivity (Wildman–Crippen MR) is 206 cm³/mol. The zero-order valence-electron chi connectivity index (χ0n) is 30.2. The summed E-state index contributed by atoms with van der Waals surface area (Å²) in [5, 5.41) is 16.0. The fraction of sp³-hybridized carbons (Fsp3) is 0.300. The third kappa shape index (κ3) is 5.38. The second-order valence-electron chi connectivity index (χ2n) is 13.9. The first-order chi connectivity index (χ1) is 24.9. The van der Waals surface area contributed by atoms with Crippen molar-refractivity contribution in [3.63, 3.8) is 0 Å². The van der Waals surface area contributed by atoms with E-state index in [1.165, 1.54) is 6.39 Å². The summed E-state index contributed by atoms with van der Waals surface area (Å²) in [7, 11) is 3.94. The SMILES string of the molecule is Cc1cc(OCCCc2c3n(c4c(-c5c(C)nn(C)c5C)c(Cl)ccc24)[C@H](C)CN(c2cn(C)c4ccc(-c5nnco5)cc24)C3=O)cc(C)c1Cl. The molecule has 52 heavy (non-hydrogen) atoms. The average Bonchev–Trinajstić information content (AvgIpc) is 3.89. The van der Waals surface area contributed by atoms with Crippen LogP contribution in [0.25, 0.3) is 44.4 Å². The Kier molecular flexibility index (Phi) is 8.42. The number of benzene rings is 3. The van der Waals surface area contributed by atoms with E-state index in [9.17, 15) is 0 Å². The first-order valence-corrected chi connectivity index (χ1v) is 18.1. The number of fused-ring (bicyclic) bond motifs is 4. The van der Waals surface area contributed by atoms with Gasteiger partial charge >= 0.3 is 0 Å². The Labute approximate surface area is 311 Å². The van der Waals surface area contributed by atoms with Crippen LogP contribution in [0.15, 0.2) is 59.5 Å². The van der Waals surface area contributed by atoms with E-state index >= 15 is 4.79 Å². The number of halogens is 2. The van der Waals surface area contributed by atoms with E-state index in [4.69, 9.17) is 37.5 Å². The van der Waals surface area contributed by atoms with E-state index in [2.05, 4.69) is 39.2 Å². The number of hydrogen-bond acceptors (Lipinski definition) is 6. The molecule has 0 radical (unpaired) electrons. The van der Waals surface area contributed by atoms with Crippen LogP contribution in [0.1, 0.15) is 58.0 Å². The monoisotopic (exact) mass is 735 g/mol. The van der Waals surface area contributed by atoms with E-state index in [1.807, 2.05) is 87.0 Å². The topological polar surface area (TPSA) is 96.1 Å². The molecule has 8 rings (SSSR count). The highest BCUT2D eigenvalue weighted by molar-refractivity contribution is 6.35. The van der Waals surface area contributed by atoms with Crippen molar-refractivity contribution in [3.05, 3.63) is 98.9 Å². The minimum atomic E-state index is -0.0795. The van der Waals surface area contributed by atoms with Gasteiger partial charge < -0.3 is 23.2 Å². The highest BCUT2D eigenvalue weighted by atomic mass is 35.5. The number of carbonyl (C=O) groups is 1. The summed E-state index contributed by atoms with van der Waals surface area (Å²) in [6, 6.07) is 13.9. The Balaban J connectivity index is 1.26. The van der Waals surface area contributed by atoms with Crippen molar-refractivity contribution in [1.29, 1.82) is 0 Å². The molecule has 0 saturated carbocycles. The van der Waals surface area contributed by atoms with Crippen molar-refractivity contribution in [2.75, 3.05) is 18.1 Å². The van der Waals surface area contributed by atoms with Crippen molar-refractivity contribution in [2.24, 2.45) is 14.1 Å². The van der Waals surface area contributed by atoms with Crippen LogP contribution in [0.5, 0.6) is 5.75 Å². The largest absolute Gasteiger partial charge is 0.494 e. The fourth-order valence-corrected chi connectivity index (χ4v) is 8.31. The van der Waals surface area contributed by atoms with Gasteiger partial charge in [0.15, 0.2) is 0 Å². The van der Waals surface area contributed by atoms with Gasteiger partial charge in [0.25, 0.3) is 5.91 Å². The maximum Gasteiger partial charge on any atom is 0.275 e. The van der Waals surface area contributed by atoms with Crippen LogP contribution in [-0.2, 0) is 20.5 Å². The first kappa shape index (κ1) is 34.0. The van der Waals surface area contributed by atoms with Crippen molar-refractivity contribution in [2.45, 2.75) is 53.5 Å². The third-order valence-electron chi connectivity index (χ3n) is 10.4. The Morgan fingerprint density at radius 3 is 2.44 bits per heavy atom. The van der Waals surface area contributed by atoms with Gasteiger partial charge in [-0.3, -0.25) is 9.48 Å². The minimum absolute atomic E-state index is 0.0634. The molecule has 0 fully saturated rings. The zero-order valence-corrected chi connectivity index (χ0v) is 31.7. The van der Waals surface area contributed by atoms with Gasteiger partial charge in [-0.15, -0.1) is 10.2 Å². The molecule has 4 aromatic heterocycles. The van der Waals surface area contributed by atoms with E-state index < -0.39 is 0 Å². The second-order valence-corrected chi connectivity index (χ2v) is 14.7. The minimum Gasteiger partial charge on any atom is -0.494 e. The number of amides is 1. The highest BCUT2D eigenvalue weighted by Gasteiger charge is 2.37. The Morgan fingerprint density at radius 1 is 0.981 bits per heavy atom. The summed E-state index contributed by atoms with van der Waals surface area (Å²) in [5.74, 6) is 1.15. The van der Waals surface area contributed by atoms with E-state index in [-0.39, 0.29) is 11.9 Å². The molecule has 1 amide bonds. The summed E-state index contributed by atoms with van der Waals surface area (Å²) in [4.78, 5) is 17.0. The van der Waals surface area contributed by atoms with Gasteiger partial charge in [-0.2, -0.15) is 5.10 Å². The lowest BCUT2D eigenvalue weighted by atomic mass is 9.98. The van der Waals surface area contributed by atoms with Crippen LogP contribution >= 0.6 is 23.2 Å². The summed E-state index contributed by atoms with van der Waals surface area (Å²) >= 11 is 13.5. The standard InChI is InChI=1S/C40H39Cl2N7O3/c1-21-15-27(16-22(2)36(21)42)51-14-8-9-28-29-11-12-31(41)35(34-24(4)45-47(7)25(34)5)37(29)49-23(3)18-48(40(50)38(28)49)33-19-46(6)32-13-10-26(17-30(32)33)39-44-43-20-52-39/h10-13,15-17,19-20,23H,8-9,14,18H2,1-7H3/t23-/m1/s1.